The molecule has 0 fully saturated rings. The van der Waals surface area contributed by atoms with E-state index in [1.165, 1.54) is 24.3 Å². The highest BCUT2D eigenvalue weighted by Crippen LogP contribution is 2.26. The van der Waals surface area contributed by atoms with Gasteiger partial charge in [0.1, 0.15) is 11.7 Å². The van der Waals surface area contributed by atoms with Crippen LogP contribution < -0.4 is 10.0 Å². The zero-order chi connectivity index (χ0) is 22.2. The van der Waals surface area contributed by atoms with Crippen molar-refractivity contribution in [1.29, 1.82) is 0 Å². The Kier molecular flexibility index (Phi) is 5.24. The average molecular weight is 441 g/mol. The molecule has 2 heterocycles. The molecule has 0 unspecified atom stereocenters. The summed E-state index contributed by atoms with van der Waals surface area (Å²) >= 11 is 0. The number of nitrogens with one attached hydrogen (secondary N) is 2. The molecular weight excluding hydrogens is 422 g/mol. The fraction of sp³-hybridized carbons (Fsp3) is 0.190. The molecule has 160 valence electrons. The molecule has 2 aliphatic rings. The molecule has 1 amide bonds. The Morgan fingerprint density at radius 2 is 1.81 bits per heavy atom. The van der Waals surface area contributed by atoms with E-state index in [1.807, 2.05) is 12.2 Å². The average Bonchev–Trinajstić information content (AvgIpc) is 3.05. The number of anilines is 2. The van der Waals surface area contributed by atoms with Gasteiger partial charge in [-0.15, -0.1) is 0 Å². The molecule has 2 aromatic rings. The van der Waals surface area contributed by atoms with Crippen LogP contribution in [0.5, 0.6) is 0 Å². The number of fused-ring (bicyclic) bond motifs is 1. The van der Waals surface area contributed by atoms with E-state index in [4.69, 9.17) is 9.26 Å². The lowest BCUT2D eigenvalue weighted by Crippen LogP contribution is -2.34. The van der Waals surface area contributed by atoms with Crippen molar-refractivity contribution in [1.82, 2.24) is 5.16 Å². The number of allylic oxidation sites excluding steroid dienone is 2. The number of carbonyl (C=O) groups excluding carboxylic acids is 2. The van der Waals surface area contributed by atoms with Gasteiger partial charge in [0.2, 0.25) is 5.88 Å². The molecule has 2 N–H and O–H groups in total. The first-order valence-corrected chi connectivity index (χ1v) is 10.9. The summed E-state index contributed by atoms with van der Waals surface area (Å²) in [4.78, 5) is 24.7. The molecule has 0 saturated carbocycles. The van der Waals surface area contributed by atoms with Crippen LogP contribution in [-0.4, -0.2) is 31.6 Å². The van der Waals surface area contributed by atoms with Gasteiger partial charge in [0.25, 0.3) is 15.9 Å². The number of aryl methyl sites for hydroxylation is 1. The maximum absolute atomic E-state index is 12.6. The lowest BCUT2D eigenvalue weighted by Gasteiger charge is -2.27. The summed E-state index contributed by atoms with van der Waals surface area (Å²) in [7, 11) is -3.91. The number of esters is 1. The number of sulfonamides is 1. The van der Waals surface area contributed by atoms with E-state index < -0.39 is 28.0 Å². The quantitative estimate of drug-likeness (QED) is 0.539. The number of nitrogens with zero attached hydrogens (tertiary/aromatic N) is 1. The van der Waals surface area contributed by atoms with E-state index >= 15 is 0 Å². The first-order chi connectivity index (χ1) is 14.7. The third kappa shape index (κ3) is 4.15. The molecule has 0 bridgehead atoms. The molecule has 0 saturated heterocycles. The van der Waals surface area contributed by atoms with Crippen molar-refractivity contribution in [2.45, 2.75) is 24.8 Å². The van der Waals surface area contributed by atoms with Gasteiger partial charge in [-0.1, -0.05) is 29.5 Å². The molecule has 9 nitrogen and oxygen atoms in total. The summed E-state index contributed by atoms with van der Waals surface area (Å²) in [5.74, 6) is -1.50. The van der Waals surface area contributed by atoms with Crippen LogP contribution in [0.3, 0.4) is 0 Å². The molecule has 1 aromatic carbocycles. The number of aromatic nitrogens is 1. The van der Waals surface area contributed by atoms with Crippen molar-refractivity contribution in [3.8, 4) is 0 Å². The molecule has 10 heteroatoms. The Bertz CT molecular complexity index is 1240. The van der Waals surface area contributed by atoms with Crippen molar-refractivity contribution in [3.63, 3.8) is 0 Å². The lowest BCUT2D eigenvalue weighted by molar-refractivity contribution is -0.145. The van der Waals surface area contributed by atoms with E-state index in [0.29, 0.717) is 16.9 Å². The Morgan fingerprint density at radius 1 is 1.10 bits per heavy atom. The fourth-order valence-electron chi connectivity index (χ4n) is 3.10. The van der Waals surface area contributed by atoms with Gasteiger partial charge in [-0.05, 0) is 44.2 Å². The summed E-state index contributed by atoms with van der Waals surface area (Å²) < 4.78 is 37.7. The van der Waals surface area contributed by atoms with Crippen molar-refractivity contribution in [2.24, 2.45) is 5.92 Å². The smallest absolute Gasteiger partial charge is 0.344 e. The molecule has 0 spiro atoms. The molecule has 1 aliphatic carbocycles. The van der Waals surface area contributed by atoms with Gasteiger partial charge in [0, 0.05) is 17.2 Å². The third-order valence-corrected chi connectivity index (χ3v) is 6.34. The maximum Gasteiger partial charge on any atom is 0.344 e. The van der Waals surface area contributed by atoms with E-state index in [9.17, 15) is 18.0 Å². The van der Waals surface area contributed by atoms with Gasteiger partial charge in [-0.3, -0.25) is 4.79 Å². The Labute approximate surface area is 178 Å². The Morgan fingerprint density at radius 3 is 2.48 bits per heavy atom. The summed E-state index contributed by atoms with van der Waals surface area (Å²) in [5, 5.41) is 6.30. The fourth-order valence-corrected chi connectivity index (χ4v) is 4.14. The third-order valence-electron chi connectivity index (χ3n) is 5.00. The van der Waals surface area contributed by atoms with Gasteiger partial charge in [-0.2, -0.15) is 0 Å². The van der Waals surface area contributed by atoms with Gasteiger partial charge in [0.05, 0.1) is 10.6 Å². The number of amides is 1. The molecule has 2 atom stereocenters. The van der Waals surface area contributed by atoms with Gasteiger partial charge >= 0.3 is 5.97 Å². The van der Waals surface area contributed by atoms with Crippen LogP contribution in [-0.2, 0) is 24.3 Å². The number of hydrogen-bond acceptors (Lipinski definition) is 7. The zero-order valence-electron chi connectivity index (χ0n) is 16.7. The second kappa shape index (κ2) is 7.88. The largest absolute Gasteiger partial charge is 0.453 e. The standard InChI is InChI=1S/C21H19N3O6S/c1-12-13(2)23-30-20(12)24-31(27,28)16-9-7-15(8-10-16)22-19(25)17-11-14-5-3-4-6-18(14)29-21(17)26/h3-11,14,18,24H,1-2H3,(H,22,25)/t14-,18+/m0/s1. The molecule has 31 heavy (non-hydrogen) atoms. The predicted octanol–water partition coefficient (Wildman–Crippen LogP) is 2.62. The van der Waals surface area contributed by atoms with Gasteiger partial charge in [-0.25, -0.2) is 17.9 Å². The summed E-state index contributed by atoms with van der Waals surface area (Å²) in [6.07, 6.45) is 8.35. The first-order valence-electron chi connectivity index (χ1n) is 9.39. The second-order valence-electron chi connectivity index (χ2n) is 7.10. The number of benzene rings is 1. The number of carbonyl (C=O) groups is 2. The minimum Gasteiger partial charge on any atom is -0.453 e. The van der Waals surface area contributed by atoms with Crippen LogP contribution in [0, 0.1) is 19.8 Å². The van der Waals surface area contributed by atoms with E-state index in [1.54, 1.807) is 32.1 Å². The number of ether oxygens (including phenoxy) is 1. The van der Waals surface area contributed by atoms with E-state index in [-0.39, 0.29) is 22.3 Å². The molecule has 1 aromatic heterocycles. The van der Waals surface area contributed by atoms with Crippen LogP contribution in [0.4, 0.5) is 11.6 Å². The van der Waals surface area contributed by atoms with Crippen LogP contribution in [0.15, 0.2) is 69.6 Å². The van der Waals surface area contributed by atoms with Crippen LogP contribution in [0.25, 0.3) is 0 Å². The molecule has 1 aliphatic heterocycles. The highest BCUT2D eigenvalue weighted by molar-refractivity contribution is 7.92. The summed E-state index contributed by atoms with van der Waals surface area (Å²) in [6.45, 7) is 3.39. The molecular formula is C21H19N3O6S. The summed E-state index contributed by atoms with van der Waals surface area (Å²) in [5.41, 5.74) is 1.39. The van der Waals surface area contributed by atoms with E-state index in [2.05, 4.69) is 15.2 Å². The van der Waals surface area contributed by atoms with Crippen molar-refractivity contribution in [3.05, 3.63) is 71.5 Å². The normalized spacial score (nSPS) is 19.9. The monoisotopic (exact) mass is 441 g/mol. The van der Waals surface area contributed by atoms with Crippen LogP contribution in [0.2, 0.25) is 0 Å². The highest BCUT2D eigenvalue weighted by Gasteiger charge is 2.32. The second-order valence-corrected chi connectivity index (χ2v) is 8.79. The van der Waals surface area contributed by atoms with Crippen molar-refractivity contribution in [2.75, 3.05) is 10.0 Å². The Balaban J connectivity index is 1.47. The number of rotatable bonds is 5. The summed E-state index contributed by atoms with van der Waals surface area (Å²) in [6, 6.07) is 5.50. The van der Waals surface area contributed by atoms with Crippen molar-refractivity contribution >= 4 is 33.5 Å². The molecule has 4 rings (SSSR count). The SMILES string of the molecule is Cc1noc(NS(=O)(=O)c2ccc(NC(=O)C3=C[C@@H]4C=CC=C[C@H]4OC3=O)cc2)c1C. The zero-order valence-corrected chi connectivity index (χ0v) is 17.5. The van der Waals surface area contributed by atoms with Gasteiger partial charge in [0.15, 0.2) is 0 Å². The first kappa shape index (κ1) is 20.6. The van der Waals surface area contributed by atoms with Crippen molar-refractivity contribution < 1.29 is 27.3 Å². The highest BCUT2D eigenvalue weighted by atomic mass is 32.2. The minimum atomic E-state index is -3.91. The Hall–Kier alpha value is -3.66. The van der Waals surface area contributed by atoms with Gasteiger partial charge < -0.3 is 14.6 Å². The number of hydrogen-bond donors (Lipinski definition) is 2. The van der Waals surface area contributed by atoms with Crippen LogP contribution >= 0.6 is 0 Å². The maximum atomic E-state index is 12.6. The molecule has 0 radical (unpaired) electrons. The topological polar surface area (TPSA) is 128 Å². The van der Waals surface area contributed by atoms with E-state index in [0.717, 1.165) is 0 Å². The van der Waals surface area contributed by atoms with Crippen LogP contribution in [0.1, 0.15) is 11.3 Å². The minimum absolute atomic E-state index is 0.0304. The lowest BCUT2D eigenvalue weighted by atomic mass is 9.92. The predicted molar refractivity (Wildman–Crippen MR) is 112 cm³/mol.